The Balaban J connectivity index is 2.69. The highest BCUT2D eigenvalue weighted by Gasteiger charge is 1.98. The van der Waals surface area contributed by atoms with Crippen molar-refractivity contribution >= 4 is 12.6 Å². The van der Waals surface area contributed by atoms with E-state index in [1.807, 2.05) is 0 Å². The zero-order valence-electron chi connectivity index (χ0n) is 6.88. The summed E-state index contributed by atoms with van der Waals surface area (Å²) in [4.78, 5) is 0. The molecule has 0 amide bonds. The lowest BCUT2D eigenvalue weighted by Gasteiger charge is -2.04. The summed E-state index contributed by atoms with van der Waals surface area (Å²) >= 11 is 3.98. The highest BCUT2D eigenvalue weighted by atomic mass is 32.1. The summed E-state index contributed by atoms with van der Waals surface area (Å²) < 4.78 is 18.1. The summed E-state index contributed by atoms with van der Waals surface area (Å²) in [6, 6.07) is 4.84. The summed E-state index contributed by atoms with van der Waals surface area (Å²) in [6.07, 6.45) is 0. The molecule has 3 heteroatoms. The average Bonchev–Trinajstić information content (AvgIpc) is 2.07. The Labute approximate surface area is 77.0 Å². The van der Waals surface area contributed by atoms with Crippen LogP contribution < -0.4 is 4.74 Å². The Morgan fingerprint density at radius 3 is 2.83 bits per heavy atom. The van der Waals surface area contributed by atoms with E-state index in [1.165, 1.54) is 6.07 Å². The lowest BCUT2D eigenvalue weighted by Crippen LogP contribution is -1.98. The number of aryl methyl sites for hydroxylation is 1. The molecule has 0 saturated heterocycles. The quantitative estimate of drug-likeness (QED) is 0.713. The smallest absolute Gasteiger partial charge is 0.129 e. The van der Waals surface area contributed by atoms with Crippen LogP contribution in [0, 0.1) is 12.7 Å². The van der Waals surface area contributed by atoms with Crippen molar-refractivity contribution in [3.63, 3.8) is 0 Å². The van der Waals surface area contributed by atoms with E-state index in [-0.39, 0.29) is 5.82 Å². The van der Waals surface area contributed by atoms with E-state index in [4.69, 9.17) is 4.74 Å². The van der Waals surface area contributed by atoms with E-state index in [1.54, 1.807) is 19.1 Å². The van der Waals surface area contributed by atoms with E-state index < -0.39 is 0 Å². The first-order valence-electron chi connectivity index (χ1n) is 3.74. The molecule has 0 spiro atoms. The molecule has 0 fully saturated rings. The summed E-state index contributed by atoms with van der Waals surface area (Å²) in [6.45, 7) is 2.23. The topological polar surface area (TPSA) is 9.23 Å². The van der Waals surface area contributed by atoms with Gasteiger partial charge in [0.05, 0.1) is 6.61 Å². The highest BCUT2D eigenvalue weighted by Crippen LogP contribution is 2.15. The van der Waals surface area contributed by atoms with Gasteiger partial charge in [-0.1, -0.05) is 6.07 Å². The fourth-order valence-corrected chi connectivity index (χ4v) is 0.918. The van der Waals surface area contributed by atoms with Crippen LogP contribution in [-0.4, -0.2) is 12.4 Å². The first-order valence-corrected chi connectivity index (χ1v) is 4.37. The van der Waals surface area contributed by atoms with Gasteiger partial charge in [-0.2, -0.15) is 12.6 Å². The van der Waals surface area contributed by atoms with Gasteiger partial charge in [-0.15, -0.1) is 0 Å². The highest BCUT2D eigenvalue weighted by molar-refractivity contribution is 7.80. The molecule has 0 aliphatic rings. The SMILES string of the molecule is Cc1ccc(OCCS)cc1F. The predicted molar refractivity (Wildman–Crippen MR) is 50.5 cm³/mol. The second kappa shape index (κ2) is 4.36. The Morgan fingerprint density at radius 1 is 1.50 bits per heavy atom. The molecule has 12 heavy (non-hydrogen) atoms. The van der Waals surface area contributed by atoms with Gasteiger partial charge < -0.3 is 4.74 Å². The van der Waals surface area contributed by atoms with Crippen molar-refractivity contribution < 1.29 is 9.13 Å². The molecule has 0 heterocycles. The zero-order chi connectivity index (χ0) is 8.97. The van der Waals surface area contributed by atoms with Crippen LogP contribution in [-0.2, 0) is 0 Å². The maximum absolute atomic E-state index is 12.9. The van der Waals surface area contributed by atoms with Gasteiger partial charge in [0.1, 0.15) is 11.6 Å². The molecule has 1 rings (SSSR count). The van der Waals surface area contributed by atoms with Crippen LogP contribution in [0.4, 0.5) is 4.39 Å². The minimum absolute atomic E-state index is 0.230. The molecule has 0 bridgehead atoms. The monoisotopic (exact) mass is 186 g/mol. The molecule has 0 aliphatic heterocycles. The lowest BCUT2D eigenvalue weighted by atomic mass is 10.2. The summed E-state index contributed by atoms with van der Waals surface area (Å²) in [5.41, 5.74) is 0.633. The summed E-state index contributed by atoms with van der Waals surface area (Å²) in [5.74, 6) is 0.967. The van der Waals surface area contributed by atoms with E-state index in [0.717, 1.165) is 0 Å². The molecule has 1 nitrogen and oxygen atoms in total. The number of halogens is 1. The second-order valence-electron chi connectivity index (χ2n) is 2.48. The largest absolute Gasteiger partial charge is 0.493 e. The van der Waals surface area contributed by atoms with Gasteiger partial charge in [-0.05, 0) is 18.6 Å². The average molecular weight is 186 g/mol. The predicted octanol–water partition coefficient (Wildman–Crippen LogP) is 2.44. The molecule has 0 radical (unpaired) electrons. The zero-order valence-corrected chi connectivity index (χ0v) is 7.77. The molecule has 0 unspecified atom stereocenters. The number of rotatable bonds is 3. The first-order chi connectivity index (χ1) is 5.74. The molecule has 1 aromatic rings. The molecule has 0 atom stereocenters. The maximum atomic E-state index is 12.9. The molecular formula is C9H11FOS. The Kier molecular flexibility index (Phi) is 3.41. The van der Waals surface area contributed by atoms with Crippen LogP contribution in [0.15, 0.2) is 18.2 Å². The van der Waals surface area contributed by atoms with Gasteiger partial charge in [-0.25, -0.2) is 4.39 Å². The Hall–Kier alpha value is -0.700. The lowest BCUT2D eigenvalue weighted by molar-refractivity contribution is 0.342. The third kappa shape index (κ3) is 2.41. The molecule has 66 valence electrons. The second-order valence-corrected chi connectivity index (χ2v) is 2.93. The fraction of sp³-hybridized carbons (Fsp3) is 0.333. The molecule has 1 aromatic carbocycles. The van der Waals surface area contributed by atoms with E-state index >= 15 is 0 Å². The van der Waals surface area contributed by atoms with Crippen molar-refractivity contribution in [1.29, 1.82) is 0 Å². The molecular weight excluding hydrogens is 175 g/mol. The summed E-state index contributed by atoms with van der Waals surface area (Å²) in [5, 5.41) is 0. The van der Waals surface area contributed by atoms with Gasteiger partial charge in [0.15, 0.2) is 0 Å². The van der Waals surface area contributed by atoms with Crippen LogP contribution in [0.5, 0.6) is 5.75 Å². The fourth-order valence-electron chi connectivity index (χ4n) is 0.827. The molecule has 0 N–H and O–H groups in total. The maximum Gasteiger partial charge on any atom is 0.129 e. The Morgan fingerprint density at radius 2 is 2.25 bits per heavy atom. The molecule has 0 aliphatic carbocycles. The first kappa shape index (κ1) is 9.39. The van der Waals surface area contributed by atoms with E-state index in [9.17, 15) is 4.39 Å². The minimum atomic E-state index is -0.230. The van der Waals surface area contributed by atoms with Gasteiger partial charge in [0.25, 0.3) is 0 Å². The standard InChI is InChI=1S/C9H11FOS/c1-7-2-3-8(6-9(7)10)11-4-5-12/h2-3,6,12H,4-5H2,1H3. The van der Waals surface area contributed by atoms with Crippen LogP contribution in [0.3, 0.4) is 0 Å². The van der Waals surface area contributed by atoms with Crippen molar-refractivity contribution in [3.8, 4) is 5.75 Å². The number of benzene rings is 1. The molecule has 0 saturated carbocycles. The van der Waals surface area contributed by atoms with Crippen molar-refractivity contribution in [2.75, 3.05) is 12.4 Å². The normalized spacial score (nSPS) is 9.92. The van der Waals surface area contributed by atoms with Gasteiger partial charge >= 0.3 is 0 Å². The van der Waals surface area contributed by atoms with Gasteiger partial charge in [0.2, 0.25) is 0 Å². The minimum Gasteiger partial charge on any atom is -0.493 e. The molecule has 0 aromatic heterocycles. The number of hydrogen-bond donors (Lipinski definition) is 1. The van der Waals surface area contributed by atoms with Gasteiger partial charge in [-0.3, -0.25) is 0 Å². The van der Waals surface area contributed by atoms with Crippen LogP contribution in [0.25, 0.3) is 0 Å². The van der Waals surface area contributed by atoms with Crippen molar-refractivity contribution in [2.45, 2.75) is 6.92 Å². The van der Waals surface area contributed by atoms with Crippen molar-refractivity contribution in [3.05, 3.63) is 29.6 Å². The number of thiol groups is 1. The number of ether oxygens (including phenoxy) is 1. The Bertz CT molecular complexity index is 263. The van der Waals surface area contributed by atoms with Gasteiger partial charge in [0, 0.05) is 11.8 Å². The van der Waals surface area contributed by atoms with Crippen LogP contribution in [0.2, 0.25) is 0 Å². The van der Waals surface area contributed by atoms with E-state index in [2.05, 4.69) is 12.6 Å². The third-order valence-corrected chi connectivity index (χ3v) is 1.69. The van der Waals surface area contributed by atoms with Crippen LogP contribution >= 0.6 is 12.6 Å². The summed E-state index contributed by atoms with van der Waals surface area (Å²) in [7, 11) is 0. The van der Waals surface area contributed by atoms with Crippen LogP contribution in [0.1, 0.15) is 5.56 Å². The number of hydrogen-bond acceptors (Lipinski definition) is 2. The van der Waals surface area contributed by atoms with Crippen molar-refractivity contribution in [1.82, 2.24) is 0 Å². The van der Waals surface area contributed by atoms with Crippen molar-refractivity contribution in [2.24, 2.45) is 0 Å². The van der Waals surface area contributed by atoms with E-state index in [0.29, 0.717) is 23.7 Å². The third-order valence-electron chi connectivity index (χ3n) is 1.50.